The van der Waals surface area contributed by atoms with Crippen LogP contribution in [0.1, 0.15) is 27.6 Å². The van der Waals surface area contributed by atoms with Crippen LogP contribution in [0.3, 0.4) is 0 Å². The molecule has 0 fully saturated rings. The maximum atomic E-state index is 12.7. The zero-order valence-corrected chi connectivity index (χ0v) is 20.6. The summed E-state index contributed by atoms with van der Waals surface area (Å²) >= 11 is 0. The van der Waals surface area contributed by atoms with Gasteiger partial charge in [0.25, 0.3) is 10.0 Å². The van der Waals surface area contributed by atoms with Gasteiger partial charge in [0.1, 0.15) is 5.75 Å². The number of aromatic hydroxyl groups is 1. The number of anilines is 1. The van der Waals surface area contributed by atoms with Gasteiger partial charge in [-0.2, -0.15) is 0 Å². The number of rotatable bonds is 12. The fourth-order valence-electron chi connectivity index (χ4n) is 3.45. The summed E-state index contributed by atoms with van der Waals surface area (Å²) in [6, 6.07) is 14.4. The highest BCUT2D eigenvalue weighted by Crippen LogP contribution is 2.30. The Balaban J connectivity index is 1.61. The molecule has 0 radical (unpaired) electrons. The molecule has 0 aromatic heterocycles. The second kappa shape index (κ2) is 11.8. The summed E-state index contributed by atoms with van der Waals surface area (Å²) in [6.07, 6.45) is -0.289. The summed E-state index contributed by atoms with van der Waals surface area (Å²) in [4.78, 5) is 10.8. The molecule has 36 heavy (non-hydrogen) atoms. The minimum absolute atomic E-state index is 0.0551. The van der Waals surface area contributed by atoms with E-state index >= 15 is 0 Å². The topological polar surface area (TPSA) is 154 Å². The van der Waals surface area contributed by atoms with Gasteiger partial charge in [0.2, 0.25) is 0 Å². The van der Waals surface area contributed by atoms with Crippen LogP contribution in [0, 0.1) is 0 Å². The molecule has 11 heteroatoms. The van der Waals surface area contributed by atoms with Gasteiger partial charge in [-0.3, -0.25) is 4.72 Å². The van der Waals surface area contributed by atoms with Gasteiger partial charge >= 0.3 is 5.97 Å². The molecule has 0 saturated carbocycles. The van der Waals surface area contributed by atoms with Gasteiger partial charge in [-0.15, -0.1) is 0 Å². The number of methoxy groups -OCH3 is 2. The third kappa shape index (κ3) is 6.66. The molecule has 0 bridgehead atoms. The molecule has 3 aromatic carbocycles. The summed E-state index contributed by atoms with van der Waals surface area (Å²) in [7, 11) is -0.968. The Kier molecular flexibility index (Phi) is 8.75. The average molecular weight is 517 g/mol. The van der Waals surface area contributed by atoms with Crippen LogP contribution in [0.4, 0.5) is 5.69 Å². The number of aliphatic hydroxyl groups is 1. The lowest BCUT2D eigenvalue weighted by Crippen LogP contribution is -2.24. The molecule has 192 valence electrons. The maximum absolute atomic E-state index is 12.7. The zero-order valence-electron chi connectivity index (χ0n) is 19.8. The maximum Gasteiger partial charge on any atom is 0.335 e. The number of phenols is 1. The van der Waals surface area contributed by atoms with Crippen LogP contribution in [0.15, 0.2) is 65.6 Å². The van der Waals surface area contributed by atoms with Crippen molar-refractivity contribution in [1.82, 2.24) is 5.32 Å². The molecule has 3 aromatic rings. The lowest BCUT2D eigenvalue weighted by Gasteiger charge is -2.16. The van der Waals surface area contributed by atoms with Crippen molar-refractivity contribution in [1.29, 1.82) is 0 Å². The molecule has 0 aliphatic rings. The molecule has 0 aliphatic carbocycles. The summed E-state index contributed by atoms with van der Waals surface area (Å²) in [5, 5.41) is 32.8. The number of aliphatic hydroxyl groups excluding tert-OH is 1. The smallest absolute Gasteiger partial charge is 0.335 e. The van der Waals surface area contributed by atoms with Gasteiger partial charge in [0.05, 0.1) is 36.5 Å². The Morgan fingerprint density at radius 3 is 2.31 bits per heavy atom. The average Bonchev–Trinajstić information content (AvgIpc) is 2.87. The number of nitrogens with one attached hydrogen (secondary N) is 2. The molecule has 0 spiro atoms. The number of sulfonamides is 1. The number of hydrogen-bond donors (Lipinski definition) is 5. The second-order valence-electron chi connectivity index (χ2n) is 7.87. The fourth-order valence-corrected chi connectivity index (χ4v) is 4.51. The van der Waals surface area contributed by atoms with Crippen molar-refractivity contribution in [2.75, 3.05) is 32.0 Å². The van der Waals surface area contributed by atoms with E-state index in [1.807, 2.05) is 18.2 Å². The van der Waals surface area contributed by atoms with E-state index in [-0.39, 0.29) is 28.4 Å². The Morgan fingerprint density at radius 1 is 0.972 bits per heavy atom. The first-order valence-corrected chi connectivity index (χ1v) is 12.4. The van der Waals surface area contributed by atoms with Crippen LogP contribution in [0.5, 0.6) is 17.2 Å². The summed E-state index contributed by atoms with van der Waals surface area (Å²) < 4.78 is 38.2. The quantitative estimate of drug-likeness (QED) is 0.181. The van der Waals surface area contributed by atoms with Crippen molar-refractivity contribution in [2.45, 2.75) is 17.4 Å². The number of carboxylic acids is 1. The van der Waals surface area contributed by atoms with E-state index in [9.17, 15) is 23.4 Å². The highest BCUT2D eigenvalue weighted by molar-refractivity contribution is 7.92. The van der Waals surface area contributed by atoms with E-state index in [4.69, 9.17) is 14.6 Å². The molecule has 0 heterocycles. The first-order chi connectivity index (χ1) is 17.1. The van der Waals surface area contributed by atoms with Crippen molar-refractivity contribution in [3.63, 3.8) is 0 Å². The predicted octanol–water partition coefficient (Wildman–Crippen LogP) is 2.77. The Bertz CT molecular complexity index is 1310. The largest absolute Gasteiger partial charge is 0.506 e. The van der Waals surface area contributed by atoms with Crippen molar-refractivity contribution in [3.05, 3.63) is 77.4 Å². The van der Waals surface area contributed by atoms with Gasteiger partial charge in [0.15, 0.2) is 11.5 Å². The monoisotopic (exact) mass is 516 g/mol. The minimum atomic E-state index is -4.10. The van der Waals surface area contributed by atoms with E-state index in [0.29, 0.717) is 30.0 Å². The van der Waals surface area contributed by atoms with E-state index < -0.39 is 22.1 Å². The minimum Gasteiger partial charge on any atom is -0.506 e. The molecular formula is C25H28N2O8S. The molecule has 3 rings (SSSR count). The highest BCUT2D eigenvalue weighted by Gasteiger charge is 2.18. The molecule has 1 atom stereocenters. The Hall–Kier alpha value is -3.80. The van der Waals surface area contributed by atoms with Crippen LogP contribution in [-0.4, -0.2) is 57.0 Å². The third-order valence-corrected chi connectivity index (χ3v) is 6.82. The van der Waals surface area contributed by atoms with Gasteiger partial charge in [-0.1, -0.05) is 12.1 Å². The van der Waals surface area contributed by atoms with Crippen molar-refractivity contribution in [3.8, 4) is 17.2 Å². The molecule has 0 aliphatic heterocycles. The number of benzene rings is 3. The number of ether oxygens (including phenoxy) is 2. The Labute approximate surface area is 209 Å². The normalized spacial score (nSPS) is 12.1. The van der Waals surface area contributed by atoms with Crippen LogP contribution in [0.2, 0.25) is 0 Å². The standard InChI is InChI=1S/C25H28N2O8S/c1-34-23-10-3-16(13-24(23)35-2)11-12-26-15-22(29)18-6-9-21(28)20(14-18)27-36(32,33)19-7-4-17(5-8-19)25(30)31/h3-10,13-14,22,26-29H,11-12,15H2,1-2H3,(H,30,31). The molecule has 1 unspecified atom stereocenters. The number of phenolic OH excluding ortho intramolecular Hbond substituents is 1. The van der Waals surface area contributed by atoms with E-state index in [1.165, 1.54) is 30.3 Å². The number of carboxylic acid groups (broad SMARTS) is 1. The summed E-state index contributed by atoms with van der Waals surface area (Å²) in [5.41, 5.74) is 1.25. The number of carbonyl (C=O) groups is 1. The van der Waals surface area contributed by atoms with Crippen LogP contribution in [-0.2, 0) is 16.4 Å². The van der Waals surface area contributed by atoms with Crippen molar-refractivity contribution in [2.24, 2.45) is 0 Å². The van der Waals surface area contributed by atoms with Gasteiger partial charge in [0, 0.05) is 6.54 Å². The number of aromatic carboxylic acids is 1. The van der Waals surface area contributed by atoms with E-state index in [0.717, 1.165) is 17.7 Å². The van der Waals surface area contributed by atoms with Crippen molar-refractivity contribution >= 4 is 21.7 Å². The van der Waals surface area contributed by atoms with Crippen LogP contribution < -0.4 is 19.5 Å². The molecule has 0 saturated heterocycles. The van der Waals surface area contributed by atoms with E-state index in [2.05, 4.69) is 10.0 Å². The van der Waals surface area contributed by atoms with E-state index in [1.54, 1.807) is 14.2 Å². The van der Waals surface area contributed by atoms with Gasteiger partial charge in [-0.25, -0.2) is 13.2 Å². The van der Waals surface area contributed by atoms with Crippen LogP contribution >= 0.6 is 0 Å². The SMILES string of the molecule is COc1ccc(CCNCC(O)c2ccc(O)c(NS(=O)(=O)c3ccc(C(=O)O)cc3)c2)cc1OC. The molecule has 10 nitrogen and oxygen atoms in total. The van der Waals surface area contributed by atoms with Gasteiger partial charge < -0.3 is 30.1 Å². The predicted molar refractivity (Wildman–Crippen MR) is 133 cm³/mol. The number of hydrogen-bond acceptors (Lipinski definition) is 8. The van der Waals surface area contributed by atoms with Crippen molar-refractivity contribution < 1.29 is 38.0 Å². The molecule has 5 N–H and O–H groups in total. The Morgan fingerprint density at radius 2 is 1.67 bits per heavy atom. The van der Waals surface area contributed by atoms with Crippen LogP contribution in [0.25, 0.3) is 0 Å². The summed E-state index contributed by atoms with van der Waals surface area (Å²) in [6.45, 7) is 0.761. The fraction of sp³-hybridized carbons (Fsp3) is 0.240. The lowest BCUT2D eigenvalue weighted by molar-refractivity contribution is 0.0696. The highest BCUT2D eigenvalue weighted by atomic mass is 32.2. The summed E-state index contributed by atoms with van der Waals surface area (Å²) in [5.74, 6) is -0.228. The molecule has 0 amide bonds. The first-order valence-electron chi connectivity index (χ1n) is 10.9. The first kappa shape index (κ1) is 26.8. The second-order valence-corrected chi connectivity index (χ2v) is 9.55. The zero-order chi connectivity index (χ0) is 26.3. The molecular weight excluding hydrogens is 488 g/mol. The van der Waals surface area contributed by atoms with Gasteiger partial charge in [-0.05, 0) is 72.6 Å². The lowest BCUT2D eigenvalue weighted by atomic mass is 10.1. The third-order valence-electron chi connectivity index (χ3n) is 5.44.